The minimum atomic E-state index is 0.181. The summed E-state index contributed by atoms with van der Waals surface area (Å²) >= 11 is 0. The van der Waals surface area contributed by atoms with Crippen molar-refractivity contribution in [2.24, 2.45) is 4.99 Å². The Hall–Kier alpha value is -2.95. The quantitative estimate of drug-likeness (QED) is 0.445. The fourth-order valence-electron chi connectivity index (χ4n) is 3.07. The standard InChI is InChI=1S/C22H27N3O2/c1-3-14-26-20-11-7-5-9-17(20)16-24-22(23-4-2)25-19-13-15-27-21-12-8-6-10-18(19)21/h3,5-12,19H,1,4,13-16H2,2H3,(H2,23,24,25). The number of ether oxygens (including phenoxy) is 2. The summed E-state index contributed by atoms with van der Waals surface area (Å²) in [6.07, 6.45) is 2.65. The zero-order valence-corrected chi connectivity index (χ0v) is 15.8. The highest BCUT2D eigenvalue weighted by atomic mass is 16.5. The summed E-state index contributed by atoms with van der Waals surface area (Å²) in [6.45, 7) is 8.29. The summed E-state index contributed by atoms with van der Waals surface area (Å²) in [4.78, 5) is 4.77. The van der Waals surface area contributed by atoms with Crippen LogP contribution in [0.4, 0.5) is 0 Å². The van der Waals surface area contributed by atoms with Crippen molar-refractivity contribution in [2.75, 3.05) is 19.8 Å². The highest BCUT2D eigenvalue weighted by Gasteiger charge is 2.21. The van der Waals surface area contributed by atoms with Gasteiger partial charge in [-0.1, -0.05) is 49.1 Å². The predicted molar refractivity (Wildman–Crippen MR) is 109 cm³/mol. The van der Waals surface area contributed by atoms with Gasteiger partial charge >= 0.3 is 0 Å². The topological polar surface area (TPSA) is 54.9 Å². The molecule has 0 amide bonds. The van der Waals surface area contributed by atoms with Crippen LogP contribution in [0.1, 0.15) is 30.5 Å². The Labute approximate surface area is 161 Å². The number of fused-ring (bicyclic) bond motifs is 1. The normalized spacial score (nSPS) is 16.0. The van der Waals surface area contributed by atoms with E-state index in [0.717, 1.165) is 36.0 Å². The molecule has 0 saturated heterocycles. The van der Waals surface area contributed by atoms with Crippen molar-refractivity contribution in [3.8, 4) is 11.5 Å². The first-order chi connectivity index (χ1) is 13.3. The molecule has 0 aliphatic carbocycles. The van der Waals surface area contributed by atoms with Crippen LogP contribution >= 0.6 is 0 Å². The van der Waals surface area contributed by atoms with E-state index in [1.54, 1.807) is 6.08 Å². The molecule has 1 unspecified atom stereocenters. The monoisotopic (exact) mass is 365 g/mol. The van der Waals surface area contributed by atoms with E-state index in [2.05, 4.69) is 30.2 Å². The highest BCUT2D eigenvalue weighted by molar-refractivity contribution is 5.80. The Morgan fingerprint density at radius 3 is 2.93 bits per heavy atom. The number of guanidine groups is 1. The average molecular weight is 365 g/mol. The van der Waals surface area contributed by atoms with Crippen LogP contribution in [-0.4, -0.2) is 25.7 Å². The molecule has 2 aromatic carbocycles. The summed E-state index contributed by atoms with van der Waals surface area (Å²) in [5.74, 6) is 2.58. The van der Waals surface area contributed by atoms with Crippen LogP contribution in [0.2, 0.25) is 0 Å². The van der Waals surface area contributed by atoms with Gasteiger partial charge in [0.25, 0.3) is 0 Å². The van der Waals surface area contributed by atoms with E-state index >= 15 is 0 Å². The molecule has 0 bridgehead atoms. The van der Waals surface area contributed by atoms with Crippen molar-refractivity contribution in [2.45, 2.75) is 25.9 Å². The smallest absolute Gasteiger partial charge is 0.192 e. The Morgan fingerprint density at radius 2 is 2.07 bits per heavy atom. The van der Waals surface area contributed by atoms with Gasteiger partial charge < -0.3 is 20.1 Å². The molecule has 3 rings (SSSR count). The summed E-state index contributed by atoms with van der Waals surface area (Å²) in [5, 5.41) is 6.88. The van der Waals surface area contributed by atoms with Crippen LogP contribution in [0.25, 0.3) is 0 Å². The first kappa shape index (κ1) is 18.8. The zero-order chi connectivity index (χ0) is 18.9. The average Bonchev–Trinajstić information content (AvgIpc) is 2.71. The number of aliphatic imine (C=N–C) groups is 1. The van der Waals surface area contributed by atoms with Gasteiger partial charge in [-0.2, -0.15) is 0 Å². The lowest BCUT2D eigenvalue weighted by atomic mass is 10.0. The van der Waals surface area contributed by atoms with Gasteiger partial charge in [0.1, 0.15) is 18.1 Å². The zero-order valence-electron chi connectivity index (χ0n) is 15.8. The summed E-state index contributed by atoms with van der Waals surface area (Å²) in [5.41, 5.74) is 2.22. The molecule has 2 N–H and O–H groups in total. The molecule has 142 valence electrons. The predicted octanol–water partition coefficient (Wildman–Crippen LogP) is 3.83. The summed E-state index contributed by atoms with van der Waals surface area (Å²) < 4.78 is 11.5. The lowest BCUT2D eigenvalue weighted by molar-refractivity contribution is 0.261. The molecule has 0 spiro atoms. The molecule has 5 nitrogen and oxygen atoms in total. The van der Waals surface area contributed by atoms with Crippen molar-refractivity contribution in [3.63, 3.8) is 0 Å². The van der Waals surface area contributed by atoms with Crippen LogP contribution in [-0.2, 0) is 6.54 Å². The van der Waals surface area contributed by atoms with E-state index in [9.17, 15) is 0 Å². The molecule has 1 heterocycles. The molecule has 1 aliphatic heterocycles. The van der Waals surface area contributed by atoms with Crippen LogP contribution in [0, 0.1) is 0 Å². The van der Waals surface area contributed by atoms with Gasteiger partial charge in [0, 0.05) is 24.1 Å². The Balaban J connectivity index is 1.74. The van der Waals surface area contributed by atoms with Crippen LogP contribution < -0.4 is 20.1 Å². The Bertz CT molecular complexity index is 789. The fourth-order valence-corrected chi connectivity index (χ4v) is 3.07. The third kappa shape index (κ3) is 5.03. The van der Waals surface area contributed by atoms with E-state index in [0.29, 0.717) is 19.8 Å². The van der Waals surface area contributed by atoms with Gasteiger partial charge in [0.05, 0.1) is 19.2 Å². The minimum absolute atomic E-state index is 0.181. The minimum Gasteiger partial charge on any atom is -0.493 e. The van der Waals surface area contributed by atoms with E-state index in [1.807, 2.05) is 42.5 Å². The Morgan fingerprint density at radius 1 is 1.26 bits per heavy atom. The number of hydrogen-bond donors (Lipinski definition) is 2. The molecule has 1 aliphatic rings. The molecule has 0 aromatic heterocycles. The van der Waals surface area contributed by atoms with Crippen molar-refractivity contribution in [1.82, 2.24) is 10.6 Å². The molecular formula is C22H27N3O2. The van der Waals surface area contributed by atoms with Crippen LogP contribution in [0.5, 0.6) is 11.5 Å². The van der Waals surface area contributed by atoms with E-state index in [4.69, 9.17) is 14.5 Å². The molecule has 0 radical (unpaired) electrons. The largest absolute Gasteiger partial charge is 0.493 e. The number of nitrogens with zero attached hydrogens (tertiary/aromatic N) is 1. The number of hydrogen-bond acceptors (Lipinski definition) is 3. The van der Waals surface area contributed by atoms with Gasteiger partial charge in [-0.15, -0.1) is 0 Å². The van der Waals surface area contributed by atoms with Gasteiger partial charge in [0.2, 0.25) is 0 Å². The lowest BCUT2D eigenvalue weighted by Gasteiger charge is -2.28. The molecule has 2 aromatic rings. The van der Waals surface area contributed by atoms with Crippen molar-refractivity contribution < 1.29 is 9.47 Å². The van der Waals surface area contributed by atoms with E-state index in [-0.39, 0.29) is 6.04 Å². The second-order valence-corrected chi connectivity index (χ2v) is 6.27. The van der Waals surface area contributed by atoms with Gasteiger partial charge in [-0.25, -0.2) is 4.99 Å². The SMILES string of the molecule is C=CCOc1ccccc1CN=C(NCC)NC1CCOc2ccccc21. The maximum Gasteiger partial charge on any atom is 0.192 e. The number of para-hydroxylation sites is 2. The first-order valence-corrected chi connectivity index (χ1v) is 9.40. The van der Waals surface area contributed by atoms with Crippen LogP contribution in [0.15, 0.2) is 66.2 Å². The van der Waals surface area contributed by atoms with Crippen LogP contribution in [0.3, 0.4) is 0 Å². The lowest BCUT2D eigenvalue weighted by Crippen LogP contribution is -2.41. The Kier molecular flexibility index (Phi) is 6.74. The third-order valence-electron chi connectivity index (χ3n) is 4.35. The molecule has 0 saturated carbocycles. The van der Waals surface area contributed by atoms with Crippen molar-refractivity contribution in [3.05, 3.63) is 72.3 Å². The third-order valence-corrected chi connectivity index (χ3v) is 4.35. The summed E-state index contributed by atoms with van der Waals surface area (Å²) in [7, 11) is 0. The van der Waals surface area contributed by atoms with E-state index in [1.165, 1.54) is 5.56 Å². The second-order valence-electron chi connectivity index (χ2n) is 6.27. The molecule has 0 fully saturated rings. The number of nitrogens with one attached hydrogen (secondary N) is 2. The molecule has 27 heavy (non-hydrogen) atoms. The molecule has 5 heteroatoms. The van der Waals surface area contributed by atoms with Crippen molar-refractivity contribution in [1.29, 1.82) is 0 Å². The maximum absolute atomic E-state index is 5.75. The fraction of sp³-hybridized carbons (Fsp3) is 0.318. The molecule has 1 atom stereocenters. The first-order valence-electron chi connectivity index (χ1n) is 9.40. The highest BCUT2D eigenvalue weighted by Crippen LogP contribution is 2.31. The van der Waals surface area contributed by atoms with Gasteiger partial charge in [-0.3, -0.25) is 0 Å². The van der Waals surface area contributed by atoms with Gasteiger partial charge in [-0.05, 0) is 19.1 Å². The number of rotatable bonds is 7. The summed E-state index contributed by atoms with van der Waals surface area (Å²) in [6, 6.07) is 16.3. The van der Waals surface area contributed by atoms with E-state index < -0.39 is 0 Å². The second kappa shape index (κ2) is 9.67. The molecular weight excluding hydrogens is 338 g/mol. The number of benzene rings is 2. The van der Waals surface area contributed by atoms with Crippen molar-refractivity contribution >= 4 is 5.96 Å². The maximum atomic E-state index is 5.75. The van der Waals surface area contributed by atoms with Gasteiger partial charge in [0.15, 0.2) is 5.96 Å².